The molecule has 192 valence electrons. The summed E-state index contributed by atoms with van der Waals surface area (Å²) in [6, 6.07) is 9.90. The fraction of sp³-hybridized carbons (Fsp3) is 0.400. The Balaban J connectivity index is 1.16. The van der Waals surface area contributed by atoms with Crippen molar-refractivity contribution in [2.45, 2.75) is 45.8 Å². The topological polar surface area (TPSA) is 61.6 Å². The minimum absolute atomic E-state index is 0.342. The van der Waals surface area contributed by atoms with Crippen molar-refractivity contribution in [1.29, 1.82) is 0 Å². The van der Waals surface area contributed by atoms with Gasteiger partial charge >= 0.3 is 0 Å². The van der Waals surface area contributed by atoms with Gasteiger partial charge in [-0.15, -0.1) is 0 Å². The maximum Gasteiger partial charge on any atom is 0.212 e. The van der Waals surface area contributed by atoms with Gasteiger partial charge in [0, 0.05) is 54.3 Å². The third-order valence-corrected chi connectivity index (χ3v) is 7.79. The van der Waals surface area contributed by atoms with Crippen molar-refractivity contribution in [2.75, 3.05) is 27.3 Å². The van der Waals surface area contributed by atoms with E-state index in [1.54, 1.807) is 20.4 Å². The largest absolute Gasteiger partial charge is 0.493 e. The maximum atomic E-state index is 6.02. The van der Waals surface area contributed by atoms with Crippen LogP contribution in [0.25, 0.3) is 6.08 Å². The van der Waals surface area contributed by atoms with Gasteiger partial charge in [0.25, 0.3) is 0 Å². The van der Waals surface area contributed by atoms with Crippen molar-refractivity contribution >= 4 is 6.08 Å². The SMILES string of the molecule is COc1ccc(COc2ccc(Cn3cnc4c3CCC(C3=CC5(C)CCCN3C5)=C4)cc2OC)cn1. The van der Waals surface area contributed by atoms with Crippen LogP contribution in [0.5, 0.6) is 17.4 Å². The van der Waals surface area contributed by atoms with Crippen LogP contribution in [0.4, 0.5) is 0 Å². The van der Waals surface area contributed by atoms with Gasteiger partial charge < -0.3 is 23.7 Å². The van der Waals surface area contributed by atoms with E-state index in [-0.39, 0.29) is 0 Å². The molecule has 1 fully saturated rings. The van der Waals surface area contributed by atoms with Crippen LogP contribution in [0, 0.1) is 5.41 Å². The number of nitrogens with zero attached hydrogens (tertiary/aromatic N) is 4. The van der Waals surface area contributed by atoms with E-state index in [4.69, 9.17) is 19.2 Å². The van der Waals surface area contributed by atoms with Gasteiger partial charge in [-0.25, -0.2) is 9.97 Å². The number of fused-ring (bicyclic) bond motifs is 3. The number of piperidine rings is 1. The van der Waals surface area contributed by atoms with Gasteiger partial charge in [0.05, 0.1) is 26.2 Å². The zero-order valence-electron chi connectivity index (χ0n) is 21.9. The Labute approximate surface area is 218 Å². The lowest BCUT2D eigenvalue weighted by Crippen LogP contribution is -2.33. The molecule has 4 heterocycles. The van der Waals surface area contributed by atoms with Crippen LogP contribution in [-0.2, 0) is 19.6 Å². The number of pyridine rings is 1. The van der Waals surface area contributed by atoms with Crippen molar-refractivity contribution in [2.24, 2.45) is 5.41 Å². The first-order chi connectivity index (χ1) is 18.0. The molecular formula is C30H34N4O3. The summed E-state index contributed by atoms with van der Waals surface area (Å²) in [4.78, 5) is 11.6. The second-order valence-corrected chi connectivity index (χ2v) is 10.6. The molecule has 1 aliphatic carbocycles. The van der Waals surface area contributed by atoms with Gasteiger partial charge in [-0.2, -0.15) is 0 Å². The molecule has 0 N–H and O–H groups in total. The van der Waals surface area contributed by atoms with Crippen LogP contribution < -0.4 is 14.2 Å². The molecule has 7 nitrogen and oxygen atoms in total. The van der Waals surface area contributed by atoms with Crippen molar-refractivity contribution in [3.63, 3.8) is 0 Å². The van der Waals surface area contributed by atoms with Gasteiger partial charge in [-0.1, -0.05) is 19.1 Å². The van der Waals surface area contributed by atoms with E-state index in [1.807, 2.05) is 24.5 Å². The lowest BCUT2D eigenvalue weighted by atomic mass is 9.84. The Morgan fingerprint density at radius 3 is 2.68 bits per heavy atom. The molecule has 3 aromatic rings. The highest BCUT2D eigenvalue weighted by molar-refractivity contribution is 5.61. The zero-order chi connectivity index (χ0) is 25.4. The molecule has 1 unspecified atom stereocenters. The van der Waals surface area contributed by atoms with E-state index in [0.29, 0.717) is 23.7 Å². The van der Waals surface area contributed by atoms with Crippen LogP contribution >= 0.6 is 0 Å². The summed E-state index contributed by atoms with van der Waals surface area (Å²) in [5, 5.41) is 0. The molecule has 1 aromatic carbocycles. The molecule has 0 spiro atoms. The summed E-state index contributed by atoms with van der Waals surface area (Å²) in [5.74, 6) is 2.02. The van der Waals surface area contributed by atoms with Gasteiger partial charge in [-0.05, 0) is 61.1 Å². The van der Waals surface area contributed by atoms with Crippen LogP contribution in [0.15, 0.2) is 60.2 Å². The summed E-state index contributed by atoms with van der Waals surface area (Å²) in [6.45, 7) is 5.90. The number of rotatable bonds is 8. The number of ether oxygens (including phenoxy) is 3. The van der Waals surface area contributed by atoms with E-state index in [9.17, 15) is 0 Å². The van der Waals surface area contributed by atoms with Crippen molar-refractivity contribution in [3.8, 4) is 17.4 Å². The van der Waals surface area contributed by atoms with Crippen LogP contribution in [0.1, 0.15) is 48.7 Å². The quantitative estimate of drug-likeness (QED) is 0.423. The summed E-state index contributed by atoms with van der Waals surface area (Å²) in [7, 11) is 3.28. The molecule has 2 bridgehead atoms. The molecule has 6 rings (SSSR count). The first kappa shape index (κ1) is 23.6. The highest BCUT2D eigenvalue weighted by Gasteiger charge is 2.38. The van der Waals surface area contributed by atoms with Crippen molar-refractivity contribution in [1.82, 2.24) is 19.4 Å². The molecular weight excluding hydrogens is 464 g/mol. The second-order valence-electron chi connectivity index (χ2n) is 10.6. The number of methoxy groups -OCH3 is 2. The highest BCUT2D eigenvalue weighted by Crippen LogP contribution is 2.43. The first-order valence-electron chi connectivity index (χ1n) is 13.0. The lowest BCUT2D eigenvalue weighted by molar-refractivity contribution is 0.213. The summed E-state index contributed by atoms with van der Waals surface area (Å²) < 4.78 is 19.1. The van der Waals surface area contributed by atoms with Gasteiger partial charge in [0.15, 0.2) is 11.5 Å². The molecule has 1 atom stereocenters. The average molecular weight is 499 g/mol. The predicted molar refractivity (Wildman–Crippen MR) is 143 cm³/mol. The molecule has 2 aliphatic heterocycles. The Bertz CT molecular complexity index is 1360. The molecule has 0 saturated carbocycles. The number of imidazole rings is 1. The minimum atomic E-state index is 0.342. The van der Waals surface area contributed by atoms with E-state index in [1.165, 1.54) is 42.9 Å². The molecule has 2 aromatic heterocycles. The fourth-order valence-corrected chi connectivity index (χ4v) is 5.86. The Kier molecular flexibility index (Phi) is 6.14. The van der Waals surface area contributed by atoms with E-state index in [2.05, 4.69) is 45.7 Å². The third kappa shape index (κ3) is 4.70. The van der Waals surface area contributed by atoms with E-state index < -0.39 is 0 Å². The first-order valence-corrected chi connectivity index (χ1v) is 13.0. The van der Waals surface area contributed by atoms with Crippen molar-refractivity contribution in [3.05, 3.63) is 82.7 Å². The van der Waals surface area contributed by atoms with E-state index >= 15 is 0 Å². The molecule has 1 saturated heterocycles. The van der Waals surface area contributed by atoms with E-state index in [0.717, 1.165) is 42.0 Å². The normalized spacial score (nSPS) is 20.2. The average Bonchev–Trinajstić information content (AvgIpc) is 3.43. The van der Waals surface area contributed by atoms with Crippen LogP contribution in [-0.4, -0.2) is 46.7 Å². The monoisotopic (exact) mass is 498 g/mol. The summed E-state index contributed by atoms with van der Waals surface area (Å²) in [6.07, 6.45) is 13.2. The van der Waals surface area contributed by atoms with Crippen LogP contribution in [0.3, 0.4) is 0 Å². The number of benzene rings is 1. The Morgan fingerprint density at radius 1 is 1.00 bits per heavy atom. The van der Waals surface area contributed by atoms with Gasteiger partial charge in [-0.3, -0.25) is 0 Å². The number of aromatic nitrogens is 3. The number of hydrogen-bond acceptors (Lipinski definition) is 6. The summed E-state index contributed by atoms with van der Waals surface area (Å²) in [5.41, 5.74) is 7.76. The zero-order valence-corrected chi connectivity index (χ0v) is 21.9. The summed E-state index contributed by atoms with van der Waals surface area (Å²) >= 11 is 0. The fourth-order valence-electron chi connectivity index (χ4n) is 5.86. The lowest BCUT2D eigenvalue weighted by Gasteiger charge is -2.33. The predicted octanol–water partition coefficient (Wildman–Crippen LogP) is 5.25. The molecule has 0 radical (unpaired) electrons. The Morgan fingerprint density at radius 2 is 1.89 bits per heavy atom. The molecule has 0 amide bonds. The van der Waals surface area contributed by atoms with Crippen molar-refractivity contribution < 1.29 is 14.2 Å². The molecule has 3 aliphatic rings. The highest BCUT2D eigenvalue weighted by atomic mass is 16.5. The molecule has 37 heavy (non-hydrogen) atoms. The third-order valence-electron chi connectivity index (χ3n) is 7.79. The molecule has 7 heteroatoms. The maximum absolute atomic E-state index is 6.02. The minimum Gasteiger partial charge on any atom is -0.493 e. The number of allylic oxidation sites excluding steroid dienone is 1. The number of hydrogen-bond donors (Lipinski definition) is 0. The van der Waals surface area contributed by atoms with Gasteiger partial charge in [0.2, 0.25) is 5.88 Å². The standard InChI is InChI=1S/C30H34N4O3/c1-30-11-4-12-33(19-30)26(15-30)23-7-8-25-24(14-23)32-20-34(25)17-21-5-9-27(28(13-21)35-2)37-18-22-6-10-29(36-3)31-16-22/h5-6,9-10,13-16,20H,4,7-8,11-12,17-19H2,1-3H3. The second kappa shape index (κ2) is 9.61. The van der Waals surface area contributed by atoms with Gasteiger partial charge in [0.1, 0.15) is 6.61 Å². The smallest absolute Gasteiger partial charge is 0.212 e. The van der Waals surface area contributed by atoms with Crippen LogP contribution in [0.2, 0.25) is 0 Å². The Hall–Kier alpha value is -3.74.